The van der Waals surface area contributed by atoms with Crippen molar-refractivity contribution in [2.75, 3.05) is 30.8 Å². The highest BCUT2D eigenvalue weighted by Gasteiger charge is 2.27. The minimum atomic E-state index is -3.63. The number of hydrogen-bond acceptors (Lipinski definition) is 5. The fraction of sp³-hybridized carbons (Fsp3) is 0.440. The Morgan fingerprint density at radius 2 is 1.83 bits per heavy atom. The van der Waals surface area contributed by atoms with Gasteiger partial charge in [-0.15, -0.1) is 0 Å². The molecule has 0 bridgehead atoms. The molecule has 0 saturated carbocycles. The smallest absolute Gasteiger partial charge is 0.242 e. The average molecular weight is 559 g/mol. The number of sulfonamides is 1. The Kier molecular flexibility index (Phi) is 11.3. The molecule has 0 radical (unpaired) electrons. The minimum absolute atomic E-state index is 0.0256. The van der Waals surface area contributed by atoms with Gasteiger partial charge in [-0.3, -0.25) is 13.9 Å². The molecule has 0 aliphatic rings. The largest absolute Gasteiger partial charge is 0.495 e. The van der Waals surface area contributed by atoms with Gasteiger partial charge in [-0.1, -0.05) is 48.3 Å². The molecule has 8 nitrogen and oxygen atoms in total. The summed E-state index contributed by atoms with van der Waals surface area (Å²) in [7, 11) is -2.17. The van der Waals surface area contributed by atoms with Gasteiger partial charge < -0.3 is 15.0 Å². The van der Waals surface area contributed by atoms with Crippen LogP contribution in [0.15, 0.2) is 42.5 Å². The van der Waals surface area contributed by atoms with Gasteiger partial charge in [-0.2, -0.15) is 0 Å². The van der Waals surface area contributed by atoms with Crippen molar-refractivity contribution in [1.82, 2.24) is 10.2 Å². The third-order valence-corrected chi connectivity index (χ3v) is 7.35. The number of rotatable bonds is 13. The number of ether oxygens (including phenoxy) is 1. The van der Waals surface area contributed by atoms with Crippen molar-refractivity contribution in [1.29, 1.82) is 0 Å². The van der Waals surface area contributed by atoms with Crippen LogP contribution in [0.5, 0.6) is 5.75 Å². The van der Waals surface area contributed by atoms with Gasteiger partial charge in [0.2, 0.25) is 21.8 Å². The highest BCUT2D eigenvalue weighted by Crippen LogP contribution is 2.30. The molecule has 2 rings (SSSR count). The van der Waals surface area contributed by atoms with Crippen molar-refractivity contribution in [2.45, 2.75) is 45.7 Å². The van der Waals surface area contributed by atoms with Crippen LogP contribution in [0.1, 0.15) is 38.7 Å². The van der Waals surface area contributed by atoms with Gasteiger partial charge >= 0.3 is 0 Å². The van der Waals surface area contributed by atoms with Crippen LogP contribution in [0.4, 0.5) is 5.69 Å². The number of halogens is 2. The Morgan fingerprint density at radius 1 is 1.14 bits per heavy atom. The van der Waals surface area contributed by atoms with E-state index in [4.69, 9.17) is 27.9 Å². The van der Waals surface area contributed by atoms with Crippen molar-refractivity contribution in [2.24, 2.45) is 0 Å². The third kappa shape index (κ3) is 8.28. The summed E-state index contributed by atoms with van der Waals surface area (Å²) in [4.78, 5) is 27.5. The van der Waals surface area contributed by atoms with Gasteiger partial charge in [0.05, 0.1) is 19.1 Å². The molecule has 0 fully saturated rings. The predicted octanol–water partition coefficient (Wildman–Crippen LogP) is 4.49. The maximum Gasteiger partial charge on any atom is 0.242 e. The Balaban J connectivity index is 2.22. The zero-order chi connectivity index (χ0) is 26.9. The second kappa shape index (κ2) is 13.7. The molecule has 36 heavy (non-hydrogen) atoms. The molecular formula is C25H33Cl2N3O5S. The van der Waals surface area contributed by atoms with E-state index in [9.17, 15) is 18.0 Å². The number of carbonyl (C=O) groups excluding carboxylic acids is 2. The van der Waals surface area contributed by atoms with Crippen LogP contribution in [-0.4, -0.2) is 57.6 Å². The van der Waals surface area contributed by atoms with E-state index in [2.05, 4.69) is 5.32 Å². The fourth-order valence-electron chi connectivity index (χ4n) is 3.63. The molecule has 0 aromatic heterocycles. The first-order valence-electron chi connectivity index (χ1n) is 11.6. The van der Waals surface area contributed by atoms with Crippen LogP contribution in [0, 0.1) is 0 Å². The summed E-state index contributed by atoms with van der Waals surface area (Å²) >= 11 is 12.3. The maximum atomic E-state index is 13.3. The monoisotopic (exact) mass is 557 g/mol. The van der Waals surface area contributed by atoms with Gasteiger partial charge in [0.15, 0.2) is 0 Å². The van der Waals surface area contributed by atoms with E-state index >= 15 is 0 Å². The van der Waals surface area contributed by atoms with Crippen molar-refractivity contribution in [3.63, 3.8) is 0 Å². The lowest BCUT2D eigenvalue weighted by atomic mass is 10.1. The summed E-state index contributed by atoms with van der Waals surface area (Å²) in [5.74, 6) is -0.162. The van der Waals surface area contributed by atoms with E-state index in [1.54, 1.807) is 49.4 Å². The molecule has 1 N–H and O–H groups in total. The summed E-state index contributed by atoms with van der Waals surface area (Å²) in [6.45, 7) is 4.27. The summed E-state index contributed by atoms with van der Waals surface area (Å²) in [5.41, 5.74) is 1.04. The number of carbonyl (C=O) groups is 2. The second-order valence-corrected chi connectivity index (χ2v) is 11.1. The van der Waals surface area contributed by atoms with Gasteiger partial charge in [-0.25, -0.2) is 8.42 Å². The van der Waals surface area contributed by atoms with E-state index in [0.717, 1.165) is 12.7 Å². The minimum Gasteiger partial charge on any atom is -0.495 e. The molecule has 0 saturated heterocycles. The zero-order valence-corrected chi connectivity index (χ0v) is 23.3. The highest BCUT2D eigenvalue weighted by molar-refractivity contribution is 7.92. The fourth-order valence-corrected chi connectivity index (χ4v) is 5.07. The first-order chi connectivity index (χ1) is 17.0. The number of methoxy groups -OCH3 is 1. The SMILES string of the molecule is CCCNC(=O)[C@@H](C)N(Cc1ccc(Cl)cc1Cl)C(=O)CCCN(c1ccccc1OC)S(C)(=O)=O. The Bertz CT molecular complexity index is 1160. The molecule has 0 unspecified atom stereocenters. The lowest BCUT2D eigenvalue weighted by molar-refractivity contribution is -0.140. The first kappa shape index (κ1) is 29.7. The number of hydrogen-bond donors (Lipinski definition) is 1. The molecule has 11 heteroatoms. The normalized spacial score (nSPS) is 12.1. The Morgan fingerprint density at radius 3 is 2.44 bits per heavy atom. The molecular weight excluding hydrogens is 525 g/mol. The van der Waals surface area contributed by atoms with Crippen molar-refractivity contribution in [3.8, 4) is 5.75 Å². The van der Waals surface area contributed by atoms with Crippen LogP contribution in [0.2, 0.25) is 10.0 Å². The topological polar surface area (TPSA) is 96.0 Å². The molecule has 2 amide bonds. The lowest BCUT2D eigenvalue weighted by Gasteiger charge is -2.30. The van der Waals surface area contributed by atoms with Crippen LogP contribution >= 0.6 is 23.2 Å². The highest BCUT2D eigenvalue weighted by atomic mass is 35.5. The number of nitrogens with zero attached hydrogens (tertiary/aromatic N) is 2. The average Bonchev–Trinajstić information content (AvgIpc) is 2.83. The molecule has 2 aromatic carbocycles. The van der Waals surface area contributed by atoms with Crippen molar-refractivity contribution >= 4 is 50.7 Å². The summed E-state index contributed by atoms with van der Waals surface area (Å²) in [5, 5.41) is 3.67. The number of benzene rings is 2. The van der Waals surface area contributed by atoms with Gasteiger partial charge in [0.25, 0.3) is 0 Å². The number of para-hydroxylation sites is 2. The van der Waals surface area contributed by atoms with Gasteiger partial charge in [0, 0.05) is 36.1 Å². The molecule has 0 aliphatic carbocycles. The second-order valence-electron chi connectivity index (χ2n) is 8.33. The van der Waals surface area contributed by atoms with E-state index in [-0.39, 0.29) is 37.7 Å². The summed E-state index contributed by atoms with van der Waals surface area (Å²) < 4.78 is 31.6. The molecule has 1 atom stereocenters. The van der Waals surface area contributed by atoms with E-state index < -0.39 is 16.1 Å². The van der Waals surface area contributed by atoms with Gasteiger partial charge in [-0.05, 0) is 49.6 Å². The molecule has 0 heterocycles. The molecule has 0 spiro atoms. The van der Waals surface area contributed by atoms with E-state index in [0.29, 0.717) is 33.6 Å². The number of anilines is 1. The zero-order valence-electron chi connectivity index (χ0n) is 21.0. The van der Waals surface area contributed by atoms with E-state index in [1.807, 2.05) is 6.92 Å². The summed E-state index contributed by atoms with van der Waals surface area (Å²) in [6, 6.07) is 11.0. The Hall–Kier alpha value is -2.49. The lowest BCUT2D eigenvalue weighted by Crippen LogP contribution is -2.48. The third-order valence-electron chi connectivity index (χ3n) is 5.58. The molecule has 2 aromatic rings. The van der Waals surface area contributed by atoms with E-state index in [1.165, 1.54) is 16.3 Å². The van der Waals surface area contributed by atoms with Crippen LogP contribution in [0.3, 0.4) is 0 Å². The quantitative estimate of drug-likeness (QED) is 0.391. The van der Waals surface area contributed by atoms with Crippen LogP contribution in [0.25, 0.3) is 0 Å². The van der Waals surface area contributed by atoms with Crippen LogP contribution < -0.4 is 14.4 Å². The van der Waals surface area contributed by atoms with Gasteiger partial charge in [0.1, 0.15) is 11.8 Å². The summed E-state index contributed by atoms with van der Waals surface area (Å²) in [6.07, 6.45) is 2.13. The van der Waals surface area contributed by atoms with Crippen molar-refractivity contribution in [3.05, 3.63) is 58.1 Å². The first-order valence-corrected chi connectivity index (χ1v) is 14.2. The number of nitrogens with one attached hydrogen (secondary N) is 1. The standard InChI is InChI=1S/C25H33Cl2N3O5S/c1-5-14-28-25(32)18(2)29(17-19-12-13-20(26)16-21(19)27)24(31)11-8-15-30(36(4,33)34)22-9-6-7-10-23(22)35-3/h6-7,9-10,12-13,16,18H,5,8,11,14-15,17H2,1-4H3,(H,28,32)/t18-/m1/s1. The predicted molar refractivity (Wildman–Crippen MR) is 144 cm³/mol. The molecule has 0 aliphatic heterocycles. The number of amides is 2. The Labute approximate surface area is 223 Å². The molecule has 198 valence electrons. The van der Waals surface area contributed by atoms with Crippen molar-refractivity contribution < 1.29 is 22.7 Å². The van der Waals surface area contributed by atoms with Crippen LogP contribution in [-0.2, 0) is 26.2 Å². The maximum absolute atomic E-state index is 13.3.